The molecule has 4 nitrogen and oxygen atoms in total. The minimum absolute atomic E-state index is 0.00949. The maximum atomic E-state index is 11.5. The standard InChI is InChI=1S/C12H12N2O2S/c1-9-4-2-3-5-10(9)16-8-11(15)14-12-13-6-7-17-12/h2-7H,8H2,1H3,(H,13,14,15). The number of nitrogens with one attached hydrogen (secondary N) is 1. The summed E-state index contributed by atoms with van der Waals surface area (Å²) in [6, 6.07) is 7.58. The van der Waals surface area contributed by atoms with Gasteiger partial charge in [-0.15, -0.1) is 11.3 Å². The van der Waals surface area contributed by atoms with Crippen molar-refractivity contribution in [3.63, 3.8) is 0 Å². The van der Waals surface area contributed by atoms with Gasteiger partial charge in [-0.2, -0.15) is 0 Å². The molecule has 0 radical (unpaired) electrons. The summed E-state index contributed by atoms with van der Waals surface area (Å²) in [5.41, 5.74) is 1.01. The van der Waals surface area contributed by atoms with Gasteiger partial charge in [-0.1, -0.05) is 18.2 Å². The molecule has 0 aliphatic rings. The number of amides is 1. The highest BCUT2D eigenvalue weighted by atomic mass is 32.1. The van der Waals surface area contributed by atoms with E-state index in [1.807, 2.05) is 31.2 Å². The number of para-hydroxylation sites is 1. The number of hydrogen-bond acceptors (Lipinski definition) is 4. The predicted octanol–water partition coefficient (Wildman–Crippen LogP) is 2.47. The van der Waals surface area contributed by atoms with E-state index in [1.165, 1.54) is 11.3 Å². The van der Waals surface area contributed by atoms with Crippen molar-refractivity contribution >= 4 is 22.4 Å². The molecule has 0 spiro atoms. The Morgan fingerprint density at radius 1 is 1.47 bits per heavy atom. The molecule has 1 heterocycles. The number of aromatic nitrogens is 1. The zero-order valence-corrected chi connectivity index (χ0v) is 10.2. The van der Waals surface area contributed by atoms with Crippen LogP contribution in [0.15, 0.2) is 35.8 Å². The number of nitrogens with zero attached hydrogens (tertiary/aromatic N) is 1. The number of hydrogen-bond donors (Lipinski definition) is 1. The molecular weight excluding hydrogens is 236 g/mol. The first kappa shape index (κ1) is 11.6. The average molecular weight is 248 g/mol. The lowest BCUT2D eigenvalue weighted by Crippen LogP contribution is -2.20. The second-order valence-corrected chi connectivity index (χ2v) is 4.33. The van der Waals surface area contributed by atoms with Gasteiger partial charge < -0.3 is 4.74 Å². The van der Waals surface area contributed by atoms with Crippen molar-refractivity contribution in [1.82, 2.24) is 4.98 Å². The molecule has 2 rings (SSSR count). The lowest BCUT2D eigenvalue weighted by molar-refractivity contribution is -0.118. The molecule has 1 aromatic carbocycles. The molecule has 0 saturated heterocycles. The lowest BCUT2D eigenvalue weighted by atomic mass is 10.2. The molecule has 2 aromatic rings. The van der Waals surface area contributed by atoms with Crippen LogP contribution in [0.2, 0.25) is 0 Å². The Balaban J connectivity index is 1.86. The highest BCUT2D eigenvalue weighted by molar-refractivity contribution is 7.13. The molecule has 5 heteroatoms. The topological polar surface area (TPSA) is 51.2 Å². The molecule has 88 valence electrons. The van der Waals surface area contributed by atoms with E-state index in [1.54, 1.807) is 11.6 Å². The van der Waals surface area contributed by atoms with Gasteiger partial charge in [0.2, 0.25) is 0 Å². The van der Waals surface area contributed by atoms with Crippen LogP contribution in [0.25, 0.3) is 0 Å². The summed E-state index contributed by atoms with van der Waals surface area (Å²) in [7, 11) is 0. The number of carbonyl (C=O) groups excluding carboxylic acids is 1. The lowest BCUT2D eigenvalue weighted by Gasteiger charge is -2.07. The van der Waals surface area contributed by atoms with Crippen LogP contribution in [0, 0.1) is 6.92 Å². The minimum atomic E-state index is -0.205. The van der Waals surface area contributed by atoms with Gasteiger partial charge in [-0.05, 0) is 18.6 Å². The normalized spacial score (nSPS) is 9.94. The molecule has 0 aliphatic heterocycles. The minimum Gasteiger partial charge on any atom is -0.483 e. The molecule has 0 aliphatic carbocycles. The van der Waals surface area contributed by atoms with E-state index >= 15 is 0 Å². The predicted molar refractivity (Wildman–Crippen MR) is 67.4 cm³/mol. The van der Waals surface area contributed by atoms with Crippen molar-refractivity contribution in [1.29, 1.82) is 0 Å². The van der Waals surface area contributed by atoms with Crippen molar-refractivity contribution in [2.24, 2.45) is 0 Å². The number of rotatable bonds is 4. The second kappa shape index (κ2) is 5.45. The van der Waals surface area contributed by atoms with Crippen LogP contribution in [0.3, 0.4) is 0 Å². The Morgan fingerprint density at radius 2 is 2.29 bits per heavy atom. The fourth-order valence-corrected chi connectivity index (χ4v) is 1.85. The van der Waals surface area contributed by atoms with Gasteiger partial charge in [0.05, 0.1) is 0 Å². The van der Waals surface area contributed by atoms with Crippen LogP contribution in [0.1, 0.15) is 5.56 Å². The summed E-state index contributed by atoms with van der Waals surface area (Å²) >= 11 is 1.38. The summed E-state index contributed by atoms with van der Waals surface area (Å²) in [6.07, 6.45) is 1.64. The first-order valence-electron chi connectivity index (χ1n) is 5.13. The molecule has 1 N–H and O–H groups in total. The molecule has 17 heavy (non-hydrogen) atoms. The van der Waals surface area contributed by atoms with Gasteiger partial charge in [0.1, 0.15) is 5.75 Å². The molecule has 1 amide bonds. The van der Waals surface area contributed by atoms with Gasteiger partial charge in [0.15, 0.2) is 11.7 Å². The fraction of sp³-hybridized carbons (Fsp3) is 0.167. The van der Waals surface area contributed by atoms with Crippen molar-refractivity contribution in [2.45, 2.75) is 6.92 Å². The number of anilines is 1. The quantitative estimate of drug-likeness (QED) is 0.904. The fourth-order valence-electron chi connectivity index (χ4n) is 1.30. The number of carbonyl (C=O) groups is 1. The van der Waals surface area contributed by atoms with Crippen LogP contribution >= 0.6 is 11.3 Å². The third-order valence-electron chi connectivity index (χ3n) is 2.13. The third kappa shape index (κ3) is 3.29. The average Bonchev–Trinajstić information content (AvgIpc) is 2.81. The highest BCUT2D eigenvalue weighted by Crippen LogP contribution is 2.16. The molecule has 0 bridgehead atoms. The van der Waals surface area contributed by atoms with E-state index in [-0.39, 0.29) is 12.5 Å². The number of ether oxygens (including phenoxy) is 1. The molecule has 0 fully saturated rings. The van der Waals surface area contributed by atoms with Crippen molar-refractivity contribution in [3.05, 3.63) is 41.4 Å². The molecule has 0 unspecified atom stereocenters. The Hall–Kier alpha value is -1.88. The smallest absolute Gasteiger partial charge is 0.264 e. The Kier molecular flexibility index (Phi) is 3.72. The number of thiazole rings is 1. The summed E-state index contributed by atoms with van der Waals surface area (Å²) < 4.78 is 5.41. The van der Waals surface area contributed by atoms with E-state index in [9.17, 15) is 4.79 Å². The zero-order valence-electron chi connectivity index (χ0n) is 9.34. The first-order valence-corrected chi connectivity index (χ1v) is 6.01. The van der Waals surface area contributed by atoms with Crippen LogP contribution < -0.4 is 10.1 Å². The Labute approximate surface area is 103 Å². The van der Waals surface area contributed by atoms with Crippen molar-refractivity contribution in [2.75, 3.05) is 11.9 Å². The summed E-state index contributed by atoms with van der Waals surface area (Å²) in [5.74, 6) is 0.519. The number of aryl methyl sites for hydroxylation is 1. The summed E-state index contributed by atoms with van der Waals surface area (Å²) in [4.78, 5) is 15.5. The molecule has 0 saturated carbocycles. The third-order valence-corrected chi connectivity index (χ3v) is 2.82. The van der Waals surface area contributed by atoms with E-state index in [0.717, 1.165) is 11.3 Å². The summed E-state index contributed by atoms with van der Waals surface area (Å²) in [6.45, 7) is 1.93. The molecule has 1 aromatic heterocycles. The van der Waals surface area contributed by atoms with Crippen LogP contribution in [-0.4, -0.2) is 17.5 Å². The van der Waals surface area contributed by atoms with Gasteiger partial charge in [0.25, 0.3) is 5.91 Å². The van der Waals surface area contributed by atoms with E-state index in [4.69, 9.17) is 4.74 Å². The van der Waals surface area contributed by atoms with Crippen LogP contribution in [-0.2, 0) is 4.79 Å². The Morgan fingerprint density at radius 3 is 3.00 bits per heavy atom. The van der Waals surface area contributed by atoms with Crippen molar-refractivity contribution < 1.29 is 9.53 Å². The van der Waals surface area contributed by atoms with E-state index in [2.05, 4.69) is 10.3 Å². The van der Waals surface area contributed by atoms with Crippen LogP contribution in [0.4, 0.5) is 5.13 Å². The zero-order chi connectivity index (χ0) is 12.1. The van der Waals surface area contributed by atoms with E-state index in [0.29, 0.717) is 5.13 Å². The van der Waals surface area contributed by atoms with Gasteiger partial charge in [0, 0.05) is 11.6 Å². The monoisotopic (exact) mass is 248 g/mol. The SMILES string of the molecule is Cc1ccccc1OCC(=O)Nc1nccs1. The second-order valence-electron chi connectivity index (χ2n) is 3.44. The molecular formula is C12H12N2O2S. The van der Waals surface area contributed by atoms with Gasteiger partial charge in [-0.25, -0.2) is 4.98 Å². The maximum absolute atomic E-state index is 11.5. The van der Waals surface area contributed by atoms with Gasteiger partial charge >= 0.3 is 0 Å². The highest BCUT2D eigenvalue weighted by Gasteiger charge is 2.05. The largest absolute Gasteiger partial charge is 0.483 e. The first-order chi connectivity index (χ1) is 8.25. The van der Waals surface area contributed by atoms with Crippen molar-refractivity contribution in [3.8, 4) is 5.75 Å². The Bertz CT molecular complexity index is 497. The number of benzene rings is 1. The molecule has 0 atom stereocenters. The van der Waals surface area contributed by atoms with E-state index < -0.39 is 0 Å². The van der Waals surface area contributed by atoms with Crippen LogP contribution in [0.5, 0.6) is 5.75 Å². The maximum Gasteiger partial charge on any atom is 0.264 e. The van der Waals surface area contributed by atoms with Gasteiger partial charge in [-0.3, -0.25) is 10.1 Å². The summed E-state index contributed by atoms with van der Waals surface area (Å²) in [5, 5.41) is 5.04.